The Morgan fingerprint density at radius 2 is 1.68 bits per heavy atom. The van der Waals surface area contributed by atoms with E-state index in [4.69, 9.17) is 14.6 Å². The summed E-state index contributed by atoms with van der Waals surface area (Å²) in [6.45, 7) is 2.55. The molecular formula is C20H38O5. The molecule has 0 spiro atoms. The number of rotatable bonds is 15. The summed E-state index contributed by atoms with van der Waals surface area (Å²) in [7, 11) is 0. The van der Waals surface area contributed by atoms with Crippen LogP contribution in [0, 0.1) is 0 Å². The van der Waals surface area contributed by atoms with E-state index < -0.39 is 24.4 Å². The third-order valence-electron chi connectivity index (χ3n) is 4.70. The van der Waals surface area contributed by atoms with Gasteiger partial charge in [-0.3, -0.25) is 0 Å². The first-order chi connectivity index (χ1) is 12.2. The zero-order valence-electron chi connectivity index (χ0n) is 15.8. The van der Waals surface area contributed by atoms with Gasteiger partial charge in [-0.25, -0.2) is 0 Å². The molecule has 1 rings (SSSR count). The van der Waals surface area contributed by atoms with E-state index in [0.717, 1.165) is 12.8 Å². The Bertz CT molecular complexity index is 334. The number of ether oxygens (including phenoxy) is 2. The third-order valence-corrected chi connectivity index (χ3v) is 4.70. The van der Waals surface area contributed by atoms with Gasteiger partial charge in [-0.05, 0) is 25.7 Å². The molecule has 0 bridgehead atoms. The zero-order valence-corrected chi connectivity index (χ0v) is 15.8. The maximum absolute atomic E-state index is 9.85. The van der Waals surface area contributed by atoms with Gasteiger partial charge in [0.05, 0.1) is 13.2 Å². The van der Waals surface area contributed by atoms with Crippen LogP contribution in [-0.2, 0) is 9.47 Å². The standard InChI is InChI=1S/C20H38O5/c1-2-3-4-5-6-7-8-9-10-11-12-13-14-24-20-18(23)16-25-19(20)17(22)15-21/h5-6,17-23H,2-4,7-16H2,1H3/b6-5+/t17-,18+,19-,20-/m1/s1. The van der Waals surface area contributed by atoms with Crippen LogP contribution in [0.15, 0.2) is 12.2 Å². The van der Waals surface area contributed by atoms with Crippen molar-refractivity contribution in [2.24, 2.45) is 0 Å². The predicted octanol–water partition coefficient (Wildman–Crippen LogP) is 2.96. The van der Waals surface area contributed by atoms with Crippen LogP contribution in [-0.4, -0.2) is 59.6 Å². The quantitative estimate of drug-likeness (QED) is 0.310. The number of aliphatic hydroxyl groups is 3. The SMILES string of the molecule is CCCC/C=C/CCCCCCCCO[C@H]1[C@@H]([C@H](O)CO)OC[C@@H]1O. The molecule has 1 aliphatic heterocycles. The molecule has 148 valence electrons. The van der Waals surface area contributed by atoms with Gasteiger partial charge in [0, 0.05) is 6.61 Å². The van der Waals surface area contributed by atoms with Crippen molar-refractivity contribution >= 4 is 0 Å². The van der Waals surface area contributed by atoms with E-state index in [2.05, 4.69) is 19.1 Å². The lowest BCUT2D eigenvalue weighted by Gasteiger charge is -2.23. The molecule has 5 heteroatoms. The normalized spacial score (nSPS) is 25.0. The molecule has 0 amide bonds. The first kappa shape index (κ1) is 22.6. The van der Waals surface area contributed by atoms with Crippen LogP contribution in [0.5, 0.6) is 0 Å². The second-order valence-electron chi connectivity index (χ2n) is 6.97. The van der Waals surface area contributed by atoms with Gasteiger partial charge in [0.15, 0.2) is 0 Å². The Kier molecular flexibility index (Phi) is 13.3. The summed E-state index contributed by atoms with van der Waals surface area (Å²) in [5.41, 5.74) is 0. The van der Waals surface area contributed by atoms with Crippen molar-refractivity contribution in [2.75, 3.05) is 19.8 Å². The number of unbranched alkanes of at least 4 members (excludes halogenated alkanes) is 8. The summed E-state index contributed by atoms with van der Waals surface area (Å²) >= 11 is 0. The van der Waals surface area contributed by atoms with Gasteiger partial charge in [-0.2, -0.15) is 0 Å². The van der Waals surface area contributed by atoms with Crippen molar-refractivity contribution in [3.05, 3.63) is 12.2 Å². The van der Waals surface area contributed by atoms with Crippen molar-refractivity contribution in [3.8, 4) is 0 Å². The minimum Gasteiger partial charge on any atom is -0.394 e. The molecule has 4 atom stereocenters. The zero-order chi connectivity index (χ0) is 18.3. The highest BCUT2D eigenvalue weighted by molar-refractivity contribution is 4.89. The molecule has 1 fully saturated rings. The van der Waals surface area contributed by atoms with Crippen molar-refractivity contribution in [2.45, 2.75) is 95.5 Å². The summed E-state index contributed by atoms with van der Waals surface area (Å²) in [5.74, 6) is 0. The highest BCUT2D eigenvalue weighted by Gasteiger charge is 2.40. The molecule has 0 radical (unpaired) electrons. The van der Waals surface area contributed by atoms with Crippen LogP contribution in [0.4, 0.5) is 0 Å². The topological polar surface area (TPSA) is 79.2 Å². The van der Waals surface area contributed by atoms with Gasteiger partial charge in [0.1, 0.15) is 24.4 Å². The monoisotopic (exact) mass is 358 g/mol. The average Bonchev–Trinajstić information content (AvgIpc) is 2.99. The fourth-order valence-corrected chi connectivity index (χ4v) is 3.11. The molecule has 3 N–H and O–H groups in total. The van der Waals surface area contributed by atoms with E-state index in [1.807, 2.05) is 0 Å². The lowest BCUT2D eigenvalue weighted by atomic mass is 10.1. The van der Waals surface area contributed by atoms with Gasteiger partial charge < -0.3 is 24.8 Å². The van der Waals surface area contributed by atoms with Gasteiger partial charge in [-0.1, -0.05) is 57.6 Å². The molecule has 5 nitrogen and oxygen atoms in total. The molecule has 1 aliphatic rings. The van der Waals surface area contributed by atoms with Gasteiger partial charge in [-0.15, -0.1) is 0 Å². The smallest absolute Gasteiger partial charge is 0.114 e. The summed E-state index contributed by atoms with van der Waals surface area (Å²) < 4.78 is 11.0. The molecule has 25 heavy (non-hydrogen) atoms. The van der Waals surface area contributed by atoms with Crippen LogP contribution in [0.2, 0.25) is 0 Å². The first-order valence-corrected chi connectivity index (χ1v) is 10.1. The van der Waals surface area contributed by atoms with E-state index >= 15 is 0 Å². The fourth-order valence-electron chi connectivity index (χ4n) is 3.11. The number of aliphatic hydroxyl groups excluding tert-OH is 3. The van der Waals surface area contributed by atoms with Gasteiger partial charge in [0.25, 0.3) is 0 Å². The molecule has 0 aliphatic carbocycles. The molecule has 0 aromatic heterocycles. The summed E-state index contributed by atoms with van der Waals surface area (Å²) in [6, 6.07) is 0. The highest BCUT2D eigenvalue weighted by atomic mass is 16.6. The van der Waals surface area contributed by atoms with Crippen molar-refractivity contribution < 1.29 is 24.8 Å². The minimum absolute atomic E-state index is 0.152. The Labute approximate surface area is 153 Å². The number of allylic oxidation sites excluding steroid dienone is 2. The molecular weight excluding hydrogens is 320 g/mol. The maximum Gasteiger partial charge on any atom is 0.114 e. The van der Waals surface area contributed by atoms with E-state index in [-0.39, 0.29) is 13.2 Å². The van der Waals surface area contributed by atoms with Crippen molar-refractivity contribution in [1.82, 2.24) is 0 Å². The molecule has 0 aromatic rings. The molecule has 1 heterocycles. The average molecular weight is 359 g/mol. The van der Waals surface area contributed by atoms with Gasteiger partial charge in [0.2, 0.25) is 0 Å². The molecule has 0 saturated carbocycles. The van der Waals surface area contributed by atoms with Crippen molar-refractivity contribution in [3.63, 3.8) is 0 Å². The first-order valence-electron chi connectivity index (χ1n) is 10.1. The second-order valence-corrected chi connectivity index (χ2v) is 6.97. The Morgan fingerprint density at radius 3 is 2.36 bits per heavy atom. The molecule has 0 aromatic carbocycles. The lowest BCUT2D eigenvalue weighted by Crippen LogP contribution is -2.42. The van der Waals surface area contributed by atoms with E-state index in [1.54, 1.807) is 0 Å². The molecule has 1 saturated heterocycles. The van der Waals surface area contributed by atoms with Crippen LogP contribution >= 0.6 is 0 Å². The van der Waals surface area contributed by atoms with E-state index in [1.165, 1.54) is 51.4 Å². The van der Waals surface area contributed by atoms with E-state index in [9.17, 15) is 10.2 Å². The van der Waals surface area contributed by atoms with Crippen molar-refractivity contribution in [1.29, 1.82) is 0 Å². The third kappa shape index (κ3) is 9.71. The Hall–Kier alpha value is -0.460. The number of hydrogen-bond acceptors (Lipinski definition) is 5. The second kappa shape index (κ2) is 14.7. The Morgan fingerprint density at radius 1 is 1.04 bits per heavy atom. The van der Waals surface area contributed by atoms with Crippen LogP contribution in [0.1, 0.15) is 71.1 Å². The molecule has 0 unspecified atom stereocenters. The largest absolute Gasteiger partial charge is 0.394 e. The maximum atomic E-state index is 9.85. The summed E-state index contributed by atoms with van der Waals surface area (Å²) in [4.78, 5) is 0. The van der Waals surface area contributed by atoms with Crippen LogP contribution in [0.25, 0.3) is 0 Å². The van der Waals surface area contributed by atoms with Crippen LogP contribution in [0.3, 0.4) is 0 Å². The minimum atomic E-state index is -1.00. The summed E-state index contributed by atoms with van der Waals surface area (Å²) in [5, 5.41) is 28.5. The predicted molar refractivity (Wildman–Crippen MR) is 99.6 cm³/mol. The van der Waals surface area contributed by atoms with Gasteiger partial charge >= 0.3 is 0 Å². The van der Waals surface area contributed by atoms with E-state index in [0.29, 0.717) is 6.61 Å². The van der Waals surface area contributed by atoms with Crippen LogP contribution < -0.4 is 0 Å². The fraction of sp³-hybridized carbons (Fsp3) is 0.900. The highest BCUT2D eigenvalue weighted by Crippen LogP contribution is 2.21. The Balaban J connectivity index is 1.95. The summed E-state index contributed by atoms with van der Waals surface area (Å²) in [6.07, 6.45) is 13.8. The lowest BCUT2D eigenvalue weighted by molar-refractivity contribution is -0.0938. The number of hydrogen-bond donors (Lipinski definition) is 3.